The highest BCUT2D eigenvalue weighted by Crippen LogP contribution is 2.24. The standard InChI is InChI=1S/C15H11NO2/c17-15-13-9-5-4-8-12(13)14(16-15)10-18-11-6-2-1-3-7-11/h1-10H,(H,16,17)/b14-10-. The molecular formula is C15H11NO2. The van der Waals surface area contributed by atoms with Gasteiger partial charge in [0.05, 0.1) is 5.70 Å². The fraction of sp³-hybridized carbons (Fsp3) is 0. The second kappa shape index (κ2) is 4.37. The maximum Gasteiger partial charge on any atom is 0.256 e. The van der Waals surface area contributed by atoms with Crippen molar-refractivity contribution in [3.8, 4) is 5.75 Å². The van der Waals surface area contributed by atoms with Crippen molar-refractivity contribution in [1.29, 1.82) is 0 Å². The van der Waals surface area contributed by atoms with E-state index in [0.717, 1.165) is 11.3 Å². The quantitative estimate of drug-likeness (QED) is 0.815. The highest BCUT2D eigenvalue weighted by atomic mass is 16.5. The molecule has 0 saturated heterocycles. The monoisotopic (exact) mass is 237 g/mol. The maximum absolute atomic E-state index is 11.7. The molecule has 1 aliphatic rings. The fourth-order valence-corrected chi connectivity index (χ4v) is 1.89. The number of para-hydroxylation sites is 1. The fourth-order valence-electron chi connectivity index (χ4n) is 1.89. The van der Waals surface area contributed by atoms with Crippen molar-refractivity contribution in [1.82, 2.24) is 5.32 Å². The summed E-state index contributed by atoms with van der Waals surface area (Å²) in [5, 5.41) is 2.79. The number of carbonyl (C=O) groups is 1. The average Bonchev–Trinajstić information content (AvgIpc) is 2.75. The van der Waals surface area contributed by atoms with Crippen LogP contribution in [0.15, 0.2) is 60.9 Å². The molecule has 1 aliphatic heterocycles. The van der Waals surface area contributed by atoms with Gasteiger partial charge in [0.1, 0.15) is 12.0 Å². The largest absolute Gasteiger partial charge is 0.463 e. The molecule has 1 N–H and O–H groups in total. The summed E-state index contributed by atoms with van der Waals surface area (Å²) in [5.74, 6) is 0.650. The van der Waals surface area contributed by atoms with Gasteiger partial charge in [-0.25, -0.2) is 0 Å². The predicted octanol–water partition coefficient (Wildman–Crippen LogP) is 2.81. The summed E-state index contributed by atoms with van der Waals surface area (Å²) < 4.78 is 5.52. The van der Waals surface area contributed by atoms with Gasteiger partial charge >= 0.3 is 0 Å². The summed E-state index contributed by atoms with van der Waals surface area (Å²) in [6.45, 7) is 0. The van der Waals surface area contributed by atoms with Gasteiger partial charge in [-0.15, -0.1) is 0 Å². The van der Waals surface area contributed by atoms with Crippen molar-refractivity contribution < 1.29 is 9.53 Å². The number of rotatable bonds is 2. The molecule has 2 aromatic rings. The van der Waals surface area contributed by atoms with E-state index in [9.17, 15) is 4.79 Å². The molecule has 0 fully saturated rings. The van der Waals surface area contributed by atoms with Crippen LogP contribution in [-0.2, 0) is 0 Å². The molecule has 3 heteroatoms. The molecular weight excluding hydrogens is 226 g/mol. The molecule has 1 heterocycles. The van der Waals surface area contributed by atoms with E-state index in [4.69, 9.17) is 4.74 Å². The van der Waals surface area contributed by atoms with Gasteiger partial charge in [-0.2, -0.15) is 0 Å². The second-order valence-corrected chi connectivity index (χ2v) is 3.96. The molecule has 3 nitrogen and oxygen atoms in total. The Morgan fingerprint density at radius 1 is 0.889 bits per heavy atom. The first kappa shape index (κ1) is 10.6. The Bertz CT molecular complexity index is 617. The van der Waals surface area contributed by atoms with Crippen molar-refractivity contribution in [2.45, 2.75) is 0 Å². The minimum atomic E-state index is -0.0893. The molecule has 2 aromatic carbocycles. The molecule has 0 atom stereocenters. The van der Waals surface area contributed by atoms with Gasteiger partial charge in [-0.1, -0.05) is 36.4 Å². The second-order valence-electron chi connectivity index (χ2n) is 3.96. The van der Waals surface area contributed by atoms with Crippen molar-refractivity contribution in [3.63, 3.8) is 0 Å². The highest BCUT2D eigenvalue weighted by Gasteiger charge is 2.22. The van der Waals surface area contributed by atoms with Crippen molar-refractivity contribution >= 4 is 11.6 Å². The zero-order chi connectivity index (χ0) is 12.4. The molecule has 0 aliphatic carbocycles. The van der Waals surface area contributed by atoms with Gasteiger partial charge in [0.25, 0.3) is 5.91 Å². The van der Waals surface area contributed by atoms with E-state index in [2.05, 4.69) is 5.32 Å². The molecule has 1 amide bonds. The highest BCUT2D eigenvalue weighted by molar-refractivity contribution is 6.09. The van der Waals surface area contributed by atoms with E-state index >= 15 is 0 Å². The van der Waals surface area contributed by atoms with Crippen LogP contribution >= 0.6 is 0 Å². The van der Waals surface area contributed by atoms with Crippen molar-refractivity contribution in [2.75, 3.05) is 0 Å². The van der Waals surface area contributed by atoms with E-state index < -0.39 is 0 Å². The van der Waals surface area contributed by atoms with Crippen LogP contribution < -0.4 is 10.1 Å². The minimum absolute atomic E-state index is 0.0893. The lowest BCUT2D eigenvalue weighted by Gasteiger charge is -2.02. The summed E-state index contributed by atoms with van der Waals surface area (Å²) >= 11 is 0. The smallest absolute Gasteiger partial charge is 0.256 e. The van der Waals surface area contributed by atoms with Gasteiger partial charge in [0.15, 0.2) is 0 Å². The first-order chi connectivity index (χ1) is 8.84. The van der Waals surface area contributed by atoms with Gasteiger partial charge in [0, 0.05) is 11.1 Å². The van der Waals surface area contributed by atoms with Crippen LogP contribution in [0.5, 0.6) is 5.75 Å². The van der Waals surface area contributed by atoms with Crippen LogP contribution in [0.4, 0.5) is 0 Å². The summed E-state index contributed by atoms with van der Waals surface area (Å²) in [6, 6.07) is 16.9. The van der Waals surface area contributed by atoms with E-state index in [1.54, 1.807) is 12.3 Å². The lowest BCUT2D eigenvalue weighted by Crippen LogP contribution is -2.12. The lowest BCUT2D eigenvalue weighted by molar-refractivity contribution is 0.0980. The Morgan fingerprint density at radius 2 is 1.56 bits per heavy atom. The number of hydrogen-bond donors (Lipinski definition) is 1. The zero-order valence-electron chi connectivity index (χ0n) is 9.59. The van der Waals surface area contributed by atoms with Crippen LogP contribution in [0.3, 0.4) is 0 Å². The van der Waals surface area contributed by atoms with Crippen LogP contribution in [0, 0.1) is 0 Å². The third kappa shape index (κ3) is 1.86. The Hall–Kier alpha value is -2.55. The minimum Gasteiger partial charge on any atom is -0.463 e. The number of fused-ring (bicyclic) bond motifs is 1. The molecule has 88 valence electrons. The van der Waals surface area contributed by atoms with Gasteiger partial charge in [0.2, 0.25) is 0 Å². The Labute approximate surface area is 105 Å². The molecule has 0 aromatic heterocycles. The summed E-state index contributed by atoms with van der Waals surface area (Å²) in [6.07, 6.45) is 1.57. The van der Waals surface area contributed by atoms with Gasteiger partial charge in [-0.3, -0.25) is 4.79 Å². The molecule has 18 heavy (non-hydrogen) atoms. The van der Waals surface area contributed by atoms with E-state index in [-0.39, 0.29) is 5.91 Å². The number of carbonyl (C=O) groups excluding carboxylic acids is 1. The number of hydrogen-bond acceptors (Lipinski definition) is 2. The van der Waals surface area contributed by atoms with Gasteiger partial charge in [-0.05, 0) is 18.2 Å². The van der Waals surface area contributed by atoms with E-state index in [0.29, 0.717) is 11.3 Å². The van der Waals surface area contributed by atoms with Crippen molar-refractivity contribution in [3.05, 3.63) is 72.0 Å². The average molecular weight is 237 g/mol. The maximum atomic E-state index is 11.7. The van der Waals surface area contributed by atoms with Crippen LogP contribution in [-0.4, -0.2) is 5.91 Å². The van der Waals surface area contributed by atoms with E-state index in [1.807, 2.05) is 48.5 Å². The zero-order valence-corrected chi connectivity index (χ0v) is 9.59. The Morgan fingerprint density at radius 3 is 2.33 bits per heavy atom. The molecule has 0 bridgehead atoms. The van der Waals surface area contributed by atoms with Gasteiger partial charge < -0.3 is 10.1 Å². The number of benzene rings is 2. The third-order valence-corrected chi connectivity index (χ3v) is 2.77. The predicted molar refractivity (Wildman–Crippen MR) is 69.0 cm³/mol. The first-order valence-corrected chi connectivity index (χ1v) is 5.67. The van der Waals surface area contributed by atoms with Crippen LogP contribution in [0.1, 0.15) is 15.9 Å². The van der Waals surface area contributed by atoms with Crippen LogP contribution in [0.25, 0.3) is 5.70 Å². The number of nitrogens with one attached hydrogen (secondary N) is 1. The first-order valence-electron chi connectivity index (χ1n) is 5.67. The lowest BCUT2D eigenvalue weighted by atomic mass is 10.1. The summed E-state index contributed by atoms with van der Waals surface area (Å²) in [5.41, 5.74) is 2.25. The molecule has 0 spiro atoms. The Balaban J connectivity index is 1.89. The molecule has 0 radical (unpaired) electrons. The third-order valence-electron chi connectivity index (χ3n) is 2.77. The summed E-state index contributed by atoms with van der Waals surface area (Å²) in [4.78, 5) is 11.7. The molecule has 3 rings (SSSR count). The summed E-state index contributed by atoms with van der Waals surface area (Å²) in [7, 11) is 0. The van der Waals surface area contributed by atoms with Crippen molar-refractivity contribution in [2.24, 2.45) is 0 Å². The molecule has 0 saturated carbocycles. The Kier molecular flexibility index (Phi) is 2.57. The van der Waals surface area contributed by atoms with E-state index in [1.165, 1.54) is 0 Å². The molecule has 0 unspecified atom stereocenters. The normalized spacial score (nSPS) is 15.3. The number of ether oxygens (including phenoxy) is 1. The number of amides is 1. The SMILES string of the molecule is O=C1N/C(=C\Oc2ccccc2)c2ccccc21. The topological polar surface area (TPSA) is 38.3 Å². The van der Waals surface area contributed by atoms with Crippen LogP contribution in [0.2, 0.25) is 0 Å².